The Balaban J connectivity index is 1.70. The van der Waals surface area contributed by atoms with Crippen LogP contribution in [-0.4, -0.2) is 34.0 Å². The molecular formula is C14H18IN3O2. The van der Waals surface area contributed by atoms with Crippen molar-refractivity contribution in [1.82, 2.24) is 14.5 Å². The van der Waals surface area contributed by atoms with Gasteiger partial charge in [0.2, 0.25) is 0 Å². The molecule has 0 spiro atoms. The van der Waals surface area contributed by atoms with Crippen LogP contribution in [0.15, 0.2) is 18.7 Å². The molecule has 2 aromatic rings. The van der Waals surface area contributed by atoms with Crippen LogP contribution in [0.3, 0.4) is 0 Å². The number of fused-ring (bicyclic) bond motifs is 1. The second-order valence-electron chi connectivity index (χ2n) is 5.12. The number of nitrogens with zero attached hydrogens (tertiary/aromatic N) is 3. The number of rotatable bonds is 4. The molecule has 0 N–H and O–H groups in total. The van der Waals surface area contributed by atoms with Gasteiger partial charge < -0.3 is 14.0 Å². The number of hydrogen-bond acceptors (Lipinski definition) is 4. The first-order valence-corrected chi connectivity index (χ1v) is 8.03. The van der Waals surface area contributed by atoms with Gasteiger partial charge >= 0.3 is 0 Å². The molecule has 3 rings (SSSR count). The van der Waals surface area contributed by atoms with Crippen LogP contribution in [0.4, 0.5) is 0 Å². The number of halogens is 1. The minimum atomic E-state index is -0.0401. The summed E-state index contributed by atoms with van der Waals surface area (Å²) in [6, 6.07) is 0.224. The highest BCUT2D eigenvalue weighted by molar-refractivity contribution is 14.1. The zero-order valence-corrected chi connectivity index (χ0v) is 13.6. The SMILES string of the molecule is C[C@@H](CO[C@H]1CCCCO1)n1cc(I)c2cncnc21. The second kappa shape index (κ2) is 6.36. The summed E-state index contributed by atoms with van der Waals surface area (Å²) >= 11 is 2.32. The summed E-state index contributed by atoms with van der Waals surface area (Å²) in [7, 11) is 0. The maximum Gasteiger partial charge on any atom is 0.157 e. The third kappa shape index (κ3) is 2.96. The van der Waals surface area contributed by atoms with Gasteiger partial charge in [-0.1, -0.05) is 0 Å². The highest BCUT2D eigenvalue weighted by Crippen LogP contribution is 2.24. The van der Waals surface area contributed by atoms with Gasteiger partial charge in [0.15, 0.2) is 6.29 Å². The average molecular weight is 387 g/mol. The summed E-state index contributed by atoms with van der Waals surface area (Å²) in [5, 5.41) is 1.09. The third-order valence-corrected chi connectivity index (χ3v) is 4.44. The number of ether oxygens (including phenoxy) is 2. The van der Waals surface area contributed by atoms with Crippen LogP contribution in [0.2, 0.25) is 0 Å². The maximum absolute atomic E-state index is 5.87. The smallest absolute Gasteiger partial charge is 0.157 e. The van der Waals surface area contributed by atoms with E-state index in [-0.39, 0.29) is 12.3 Å². The summed E-state index contributed by atoms with van der Waals surface area (Å²) in [5.41, 5.74) is 0.963. The Morgan fingerprint density at radius 3 is 3.25 bits per heavy atom. The highest BCUT2D eigenvalue weighted by Gasteiger charge is 2.17. The molecule has 20 heavy (non-hydrogen) atoms. The molecule has 0 unspecified atom stereocenters. The lowest BCUT2D eigenvalue weighted by molar-refractivity contribution is -0.166. The van der Waals surface area contributed by atoms with Crippen LogP contribution >= 0.6 is 22.6 Å². The van der Waals surface area contributed by atoms with Crippen molar-refractivity contribution < 1.29 is 9.47 Å². The van der Waals surface area contributed by atoms with Gasteiger partial charge in [-0.3, -0.25) is 0 Å². The summed E-state index contributed by atoms with van der Waals surface area (Å²) in [5.74, 6) is 0. The lowest BCUT2D eigenvalue weighted by atomic mass is 10.2. The van der Waals surface area contributed by atoms with E-state index in [4.69, 9.17) is 9.47 Å². The third-order valence-electron chi connectivity index (χ3n) is 3.58. The lowest BCUT2D eigenvalue weighted by Gasteiger charge is -2.24. The van der Waals surface area contributed by atoms with Crippen molar-refractivity contribution in [3.63, 3.8) is 0 Å². The molecule has 1 aliphatic heterocycles. The van der Waals surface area contributed by atoms with Crippen molar-refractivity contribution in [3.05, 3.63) is 22.3 Å². The van der Waals surface area contributed by atoms with Crippen LogP contribution in [0, 0.1) is 3.57 Å². The van der Waals surface area contributed by atoms with Gasteiger partial charge in [0.05, 0.1) is 18.0 Å². The van der Waals surface area contributed by atoms with Gasteiger partial charge in [0.1, 0.15) is 12.0 Å². The Labute approximate surface area is 131 Å². The van der Waals surface area contributed by atoms with Crippen molar-refractivity contribution in [2.45, 2.75) is 38.5 Å². The fraction of sp³-hybridized carbons (Fsp3) is 0.571. The van der Waals surface area contributed by atoms with Crippen LogP contribution in [-0.2, 0) is 9.47 Å². The van der Waals surface area contributed by atoms with E-state index in [1.54, 1.807) is 6.33 Å². The molecule has 1 fully saturated rings. The summed E-state index contributed by atoms with van der Waals surface area (Å²) in [6.45, 7) is 3.59. The molecule has 108 valence electrons. The standard InChI is InChI=1S/C14H18IN3O2/c1-10(8-20-13-4-2-3-5-19-13)18-7-12(15)11-6-16-9-17-14(11)18/h6-7,9-10,13H,2-5,8H2,1H3/t10-,13-/m0/s1. The van der Waals surface area contributed by atoms with E-state index < -0.39 is 0 Å². The predicted molar refractivity (Wildman–Crippen MR) is 84.5 cm³/mol. The van der Waals surface area contributed by atoms with E-state index in [1.165, 1.54) is 9.99 Å². The Bertz CT molecular complexity index is 581. The van der Waals surface area contributed by atoms with E-state index >= 15 is 0 Å². The molecule has 2 aromatic heterocycles. The molecule has 6 heteroatoms. The molecule has 0 bridgehead atoms. The van der Waals surface area contributed by atoms with E-state index in [1.807, 2.05) is 6.20 Å². The molecule has 3 heterocycles. The van der Waals surface area contributed by atoms with E-state index in [2.05, 4.69) is 50.2 Å². The molecule has 2 atom stereocenters. The minimum Gasteiger partial charge on any atom is -0.353 e. The Morgan fingerprint density at radius 1 is 1.55 bits per heavy atom. The monoisotopic (exact) mass is 387 g/mol. The second-order valence-corrected chi connectivity index (χ2v) is 6.29. The zero-order valence-electron chi connectivity index (χ0n) is 11.5. The van der Waals surface area contributed by atoms with Gasteiger partial charge in [-0.05, 0) is 48.8 Å². The number of hydrogen-bond donors (Lipinski definition) is 0. The van der Waals surface area contributed by atoms with Crippen LogP contribution in [0.1, 0.15) is 32.2 Å². The van der Waals surface area contributed by atoms with Crippen molar-refractivity contribution in [2.75, 3.05) is 13.2 Å². The summed E-state index contributed by atoms with van der Waals surface area (Å²) in [6.07, 6.45) is 8.85. The lowest BCUT2D eigenvalue weighted by Crippen LogP contribution is -2.25. The molecule has 0 aromatic carbocycles. The first-order valence-electron chi connectivity index (χ1n) is 6.95. The van der Waals surface area contributed by atoms with Crippen LogP contribution < -0.4 is 0 Å². The molecule has 0 radical (unpaired) electrons. The normalized spacial score (nSPS) is 21.2. The van der Waals surface area contributed by atoms with Gasteiger partial charge in [0.25, 0.3) is 0 Å². The Hall–Kier alpha value is -0.730. The zero-order chi connectivity index (χ0) is 13.9. The molecular weight excluding hydrogens is 369 g/mol. The Morgan fingerprint density at radius 2 is 2.45 bits per heavy atom. The van der Waals surface area contributed by atoms with Crippen molar-refractivity contribution in [1.29, 1.82) is 0 Å². The molecule has 0 amide bonds. The molecule has 1 saturated heterocycles. The molecule has 0 aliphatic carbocycles. The minimum absolute atomic E-state index is 0.0401. The van der Waals surface area contributed by atoms with Gasteiger partial charge in [-0.15, -0.1) is 0 Å². The van der Waals surface area contributed by atoms with Crippen LogP contribution in [0.5, 0.6) is 0 Å². The van der Waals surface area contributed by atoms with E-state index in [0.717, 1.165) is 30.5 Å². The predicted octanol–water partition coefficient (Wildman–Crippen LogP) is 3.14. The van der Waals surface area contributed by atoms with Crippen molar-refractivity contribution in [3.8, 4) is 0 Å². The van der Waals surface area contributed by atoms with Crippen molar-refractivity contribution in [2.24, 2.45) is 0 Å². The van der Waals surface area contributed by atoms with Crippen LogP contribution in [0.25, 0.3) is 11.0 Å². The average Bonchev–Trinajstić information content (AvgIpc) is 2.84. The highest BCUT2D eigenvalue weighted by atomic mass is 127. The fourth-order valence-corrected chi connectivity index (χ4v) is 3.14. The maximum atomic E-state index is 5.87. The van der Waals surface area contributed by atoms with E-state index in [9.17, 15) is 0 Å². The largest absolute Gasteiger partial charge is 0.353 e. The van der Waals surface area contributed by atoms with Gasteiger partial charge in [-0.25, -0.2) is 9.97 Å². The molecule has 5 nitrogen and oxygen atoms in total. The first-order chi connectivity index (χ1) is 9.75. The summed E-state index contributed by atoms with van der Waals surface area (Å²) < 4.78 is 14.8. The fourth-order valence-electron chi connectivity index (χ4n) is 2.46. The quantitative estimate of drug-likeness (QED) is 0.757. The molecule has 1 aliphatic rings. The molecule has 0 saturated carbocycles. The van der Waals surface area contributed by atoms with Gasteiger partial charge in [-0.2, -0.15) is 0 Å². The topological polar surface area (TPSA) is 49.2 Å². The Kier molecular flexibility index (Phi) is 4.52. The van der Waals surface area contributed by atoms with Crippen molar-refractivity contribution >= 4 is 33.6 Å². The number of aromatic nitrogens is 3. The van der Waals surface area contributed by atoms with E-state index in [0.29, 0.717) is 6.61 Å². The first kappa shape index (κ1) is 14.2. The van der Waals surface area contributed by atoms with Gasteiger partial charge in [0, 0.05) is 22.6 Å². The summed E-state index contributed by atoms with van der Waals surface area (Å²) in [4.78, 5) is 8.46.